The molecule has 100 valence electrons. The van der Waals surface area contributed by atoms with Gasteiger partial charge in [-0.05, 0) is 23.1 Å². The largest absolute Gasteiger partial charge is 0.503 e. The number of aryl methyl sites for hydroxylation is 1. The molecule has 0 atom stereocenters. The van der Waals surface area contributed by atoms with Crippen LogP contribution in [0.25, 0.3) is 11.1 Å². The lowest BCUT2D eigenvalue weighted by molar-refractivity contribution is 0.137. The van der Waals surface area contributed by atoms with E-state index in [9.17, 15) is 0 Å². The molecule has 2 rings (SSSR count). The van der Waals surface area contributed by atoms with Crippen molar-refractivity contribution in [3.63, 3.8) is 0 Å². The van der Waals surface area contributed by atoms with E-state index in [1.54, 1.807) is 0 Å². The van der Waals surface area contributed by atoms with Crippen LogP contribution in [0.3, 0.4) is 0 Å². The zero-order chi connectivity index (χ0) is 14.1. The maximum absolute atomic E-state index is 8.56. The van der Waals surface area contributed by atoms with Gasteiger partial charge in [0.05, 0.1) is 0 Å². The third-order valence-electron chi connectivity index (χ3n) is 2.60. The smallest absolute Gasteiger partial charge is 0.450 e. The molecule has 0 aliphatic rings. The first-order chi connectivity index (χ1) is 9.13. The fourth-order valence-electron chi connectivity index (χ4n) is 1.78. The summed E-state index contributed by atoms with van der Waals surface area (Å²) in [6, 6.07) is 19.4. The van der Waals surface area contributed by atoms with Crippen LogP contribution in [-0.4, -0.2) is 16.4 Å². The van der Waals surface area contributed by atoms with E-state index in [4.69, 9.17) is 15.0 Å². The lowest BCUT2D eigenvalue weighted by atomic mass is 10.0. The van der Waals surface area contributed by atoms with Gasteiger partial charge in [-0.25, -0.2) is 4.79 Å². The molecule has 0 aliphatic carbocycles. The van der Waals surface area contributed by atoms with Gasteiger partial charge in [0, 0.05) is 0 Å². The van der Waals surface area contributed by atoms with Crippen LogP contribution < -0.4 is 0 Å². The summed E-state index contributed by atoms with van der Waals surface area (Å²) in [5.41, 5.74) is 4.02. The summed E-state index contributed by atoms with van der Waals surface area (Å²) < 4.78 is 0. The second-order valence-electron chi connectivity index (χ2n) is 4.10. The van der Waals surface area contributed by atoms with Gasteiger partial charge in [-0.3, -0.25) is 0 Å². The van der Waals surface area contributed by atoms with Crippen LogP contribution in [0.5, 0.6) is 0 Å². The Morgan fingerprint density at radius 2 is 1.37 bits per heavy atom. The molecule has 3 heteroatoms. The minimum absolute atomic E-state index is 1.18. The molecule has 2 aromatic rings. The van der Waals surface area contributed by atoms with Gasteiger partial charge in [-0.15, -0.1) is 0 Å². The standard InChI is InChI=1S/C15H16.CH2O3/c1-2-6-13-9-11-15(12-10-13)14-7-4-3-5-8-14;2-1(3)4/h3-5,7-12H,2,6H2,1H3;(H2,2,3,4). The molecule has 0 bridgehead atoms. The summed E-state index contributed by atoms with van der Waals surface area (Å²) in [6.07, 6.45) is 0.555. The zero-order valence-electron chi connectivity index (χ0n) is 10.9. The maximum Gasteiger partial charge on any atom is 0.503 e. The highest BCUT2D eigenvalue weighted by atomic mass is 16.6. The zero-order valence-corrected chi connectivity index (χ0v) is 10.9. The lowest BCUT2D eigenvalue weighted by Gasteiger charge is -2.03. The molecule has 0 fully saturated rings. The number of carbonyl (C=O) groups is 1. The molecule has 0 saturated heterocycles. The van der Waals surface area contributed by atoms with E-state index in [0.717, 1.165) is 0 Å². The van der Waals surface area contributed by atoms with Crippen molar-refractivity contribution >= 4 is 6.16 Å². The van der Waals surface area contributed by atoms with Crippen molar-refractivity contribution in [1.82, 2.24) is 0 Å². The number of carboxylic acid groups (broad SMARTS) is 2. The average molecular weight is 258 g/mol. The normalized spacial score (nSPS) is 9.32. The maximum atomic E-state index is 8.56. The van der Waals surface area contributed by atoms with E-state index in [1.165, 1.54) is 29.5 Å². The Bertz CT molecular complexity index is 485. The quantitative estimate of drug-likeness (QED) is 0.850. The highest BCUT2D eigenvalue weighted by Gasteiger charge is 1.96. The molecule has 0 unspecified atom stereocenters. The molecule has 0 heterocycles. The fraction of sp³-hybridized carbons (Fsp3) is 0.188. The third-order valence-corrected chi connectivity index (χ3v) is 2.60. The van der Waals surface area contributed by atoms with E-state index in [2.05, 4.69) is 61.5 Å². The molecule has 3 nitrogen and oxygen atoms in total. The minimum atomic E-state index is -1.83. The van der Waals surface area contributed by atoms with Crippen LogP contribution in [-0.2, 0) is 6.42 Å². The van der Waals surface area contributed by atoms with Crippen LogP contribution in [0.2, 0.25) is 0 Å². The molecule has 0 saturated carbocycles. The summed E-state index contributed by atoms with van der Waals surface area (Å²) in [5.74, 6) is 0. The molecule has 0 aliphatic heterocycles. The Balaban J connectivity index is 0.000000399. The Morgan fingerprint density at radius 1 is 0.895 bits per heavy atom. The molecule has 0 spiro atoms. The number of benzene rings is 2. The molecule has 2 N–H and O–H groups in total. The van der Waals surface area contributed by atoms with Crippen LogP contribution >= 0.6 is 0 Å². The minimum Gasteiger partial charge on any atom is -0.450 e. The van der Waals surface area contributed by atoms with Crippen molar-refractivity contribution in [1.29, 1.82) is 0 Å². The molecule has 0 radical (unpaired) electrons. The van der Waals surface area contributed by atoms with Gasteiger partial charge in [0.25, 0.3) is 0 Å². The van der Waals surface area contributed by atoms with Crippen molar-refractivity contribution in [2.75, 3.05) is 0 Å². The van der Waals surface area contributed by atoms with Crippen LogP contribution in [0.1, 0.15) is 18.9 Å². The van der Waals surface area contributed by atoms with Gasteiger partial charge in [-0.2, -0.15) is 0 Å². The van der Waals surface area contributed by atoms with E-state index in [-0.39, 0.29) is 0 Å². The van der Waals surface area contributed by atoms with Gasteiger partial charge in [0.1, 0.15) is 0 Å². The Hall–Kier alpha value is -2.29. The third kappa shape index (κ3) is 5.73. The van der Waals surface area contributed by atoms with Crippen LogP contribution in [0.4, 0.5) is 4.79 Å². The average Bonchev–Trinajstić information content (AvgIpc) is 2.40. The summed E-state index contributed by atoms with van der Waals surface area (Å²) >= 11 is 0. The van der Waals surface area contributed by atoms with Gasteiger partial charge in [0.2, 0.25) is 0 Å². The van der Waals surface area contributed by atoms with Crippen molar-refractivity contribution in [2.24, 2.45) is 0 Å². The summed E-state index contributed by atoms with van der Waals surface area (Å²) in [5, 5.41) is 13.9. The van der Waals surface area contributed by atoms with E-state index >= 15 is 0 Å². The Labute approximate surface area is 113 Å². The molecule has 0 aromatic heterocycles. The van der Waals surface area contributed by atoms with Crippen molar-refractivity contribution < 1.29 is 15.0 Å². The first kappa shape index (κ1) is 14.8. The van der Waals surface area contributed by atoms with Crippen LogP contribution in [0.15, 0.2) is 54.6 Å². The van der Waals surface area contributed by atoms with Crippen molar-refractivity contribution in [2.45, 2.75) is 19.8 Å². The van der Waals surface area contributed by atoms with Gasteiger partial charge < -0.3 is 10.2 Å². The molecular weight excluding hydrogens is 240 g/mol. The fourth-order valence-corrected chi connectivity index (χ4v) is 1.78. The molecule has 19 heavy (non-hydrogen) atoms. The number of rotatable bonds is 3. The Morgan fingerprint density at radius 3 is 1.84 bits per heavy atom. The van der Waals surface area contributed by atoms with Gasteiger partial charge >= 0.3 is 6.16 Å². The van der Waals surface area contributed by atoms with Gasteiger partial charge in [0.15, 0.2) is 0 Å². The highest BCUT2D eigenvalue weighted by molar-refractivity contribution is 5.63. The predicted octanol–water partition coefficient (Wildman–Crippen LogP) is 4.53. The first-order valence-electron chi connectivity index (χ1n) is 6.19. The molecule has 2 aromatic carbocycles. The molecular formula is C16H18O3. The van der Waals surface area contributed by atoms with E-state index in [0.29, 0.717) is 0 Å². The van der Waals surface area contributed by atoms with E-state index < -0.39 is 6.16 Å². The summed E-state index contributed by atoms with van der Waals surface area (Å²) in [4.78, 5) is 8.56. The van der Waals surface area contributed by atoms with Crippen molar-refractivity contribution in [3.05, 3.63) is 60.2 Å². The predicted molar refractivity (Wildman–Crippen MR) is 76.5 cm³/mol. The monoisotopic (exact) mass is 258 g/mol. The Kier molecular flexibility index (Phi) is 6.16. The number of hydrogen-bond donors (Lipinski definition) is 2. The van der Waals surface area contributed by atoms with Crippen molar-refractivity contribution in [3.8, 4) is 11.1 Å². The number of hydrogen-bond acceptors (Lipinski definition) is 1. The first-order valence-corrected chi connectivity index (χ1v) is 6.19. The van der Waals surface area contributed by atoms with E-state index in [1.807, 2.05) is 0 Å². The van der Waals surface area contributed by atoms with Gasteiger partial charge in [-0.1, -0.05) is 67.9 Å². The second kappa shape index (κ2) is 7.93. The molecule has 0 amide bonds. The summed E-state index contributed by atoms with van der Waals surface area (Å²) in [7, 11) is 0. The summed E-state index contributed by atoms with van der Waals surface area (Å²) in [6.45, 7) is 2.21. The lowest BCUT2D eigenvalue weighted by Crippen LogP contribution is -1.83. The SMILES string of the molecule is CCCc1ccc(-c2ccccc2)cc1.O=C(O)O. The second-order valence-corrected chi connectivity index (χ2v) is 4.10. The topological polar surface area (TPSA) is 57.5 Å². The van der Waals surface area contributed by atoms with Crippen LogP contribution in [0, 0.1) is 0 Å². The highest BCUT2D eigenvalue weighted by Crippen LogP contribution is 2.19.